The van der Waals surface area contributed by atoms with Crippen LogP contribution in [0.5, 0.6) is 0 Å². The molecule has 110 valence electrons. The molecule has 1 rings (SSSR count). The third-order valence-corrected chi connectivity index (χ3v) is 3.37. The average molecular weight is 281 g/mol. The molecule has 0 spiro atoms. The summed E-state index contributed by atoms with van der Waals surface area (Å²) in [6, 6.07) is 11.8. The van der Waals surface area contributed by atoms with Gasteiger partial charge in [0.05, 0.1) is 0 Å². The summed E-state index contributed by atoms with van der Waals surface area (Å²) >= 11 is 0. The highest BCUT2D eigenvalue weighted by atomic mass is 15.1. The van der Waals surface area contributed by atoms with Crippen molar-refractivity contribution in [2.75, 3.05) is 18.0 Å². The van der Waals surface area contributed by atoms with Crippen LogP contribution in [0.1, 0.15) is 45.1 Å². The summed E-state index contributed by atoms with van der Waals surface area (Å²) in [6.07, 6.45) is 6.39. The summed E-state index contributed by atoms with van der Waals surface area (Å²) in [5.74, 6) is 0. The smallest absolute Gasteiger partial charge is 0.130 e. The van der Waals surface area contributed by atoms with Crippen LogP contribution in [0.3, 0.4) is 0 Å². The molecule has 0 saturated heterocycles. The first-order chi connectivity index (χ1) is 10.2. The van der Waals surface area contributed by atoms with E-state index in [2.05, 4.69) is 30.9 Å². The molecule has 0 amide bonds. The van der Waals surface area contributed by atoms with E-state index in [0.29, 0.717) is 0 Å². The van der Waals surface area contributed by atoms with E-state index in [1.165, 1.54) is 31.4 Å². The monoisotopic (exact) mass is 281 g/mol. The van der Waals surface area contributed by atoms with E-state index in [9.17, 15) is 0 Å². The van der Waals surface area contributed by atoms with Crippen molar-refractivity contribution in [2.24, 2.45) is 0 Å². The zero-order valence-corrected chi connectivity index (χ0v) is 13.0. The SMILES string of the molecule is CCCCN(CCCC)c1ccc(C=C(C#N)C#N)cc1. The Balaban J connectivity index is 2.84. The maximum absolute atomic E-state index is 8.78. The molecular weight excluding hydrogens is 258 g/mol. The Hall–Kier alpha value is -2.26. The fourth-order valence-electron chi connectivity index (χ4n) is 2.11. The molecule has 0 aliphatic heterocycles. The number of nitrogens with zero attached hydrogens (tertiary/aromatic N) is 3. The van der Waals surface area contributed by atoms with E-state index in [1.54, 1.807) is 6.08 Å². The molecule has 3 heteroatoms. The van der Waals surface area contributed by atoms with Crippen molar-refractivity contribution in [3.05, 3.63) is 35.4 Å². The van der Waals surface area contributed by atoms with Gasteiger partial charge in [0, 0.05) is 18.8 Å². The zero-order valence-electron chi connectivity index (χ0n) is 13.0. The first-order valence-electron chi connectivity index (χ1n) is 7.62. The quantitative estimate of drug-likeness (QED) is 0.658. The molecule has 1 aromatic carbocycles. The molecule has 0 fully saturated rings. The molecule has 0 radical (unpaired) electrons. The minimum atomic E-state index is 0.136. The first-order valence-corrected chi connectivity index (χ1v) is 7.62. The second-order valence-electron chi connectivity index (χ2n) is 5.07. The molecule has 0 aromatic heterocycles. The highest BCUT2D eigenvalue weighted by molar-refractivity contribution is 5.63. The summed E-state index contributed by atoms with van der Waals surface area (Å²) in [6.45, 7) is 6.56. The Morgan fingerprint density at radius 3 is 1.95 bits per heavy atom. The van der Waals surface area contributed by atoms with Gasteiger partial charge in [-0.15, -0.1) is 0 Å². The maximum Gasteiger partial charge on any atom is 0.130 e. The molecule has 0 atom stereocenters. The van der Waals surface area contributed by atoms with E-state index < -0.39 is 0 Å². The van der Waals surface area contributed by atoms with Gasteiger partial charge in [0.1, 0.15) is 17.7 Å². The third-order valence-electron chi connectivity index (χ3n) is 3.37. The number of hydrogen-bond acceptors (Lipinski definition) is 3. The second-order valence-corrected chi connectivity index (χ2v) is 5.07. The van der Waals surface area contributed by atoms with Gasteiger partial charge < -0.3 is 4.90 Å². The van der Waals surface area contributed by atoms with Crippen molar-refractivity contribution in [1.82, 2.24) is 0 Å². The number of benzene rings is 1. The lowest BCUT2D eigenvalue weighted by molar-refractivity contribution is 0.678. The van der Waals surface area contributed by atoms with Crippen LogP contribution in [0, 0.1) is 22.7 Å². The molecule has 0 bridgehead atoms. The molecule has 0 N–H and O–H groups in total. The number of allylic oxidation sites excluding steroid dienone is 1. The second kappa shape index (κ2) is 9.61. The number of hydrogen-bond donors (Lipinski definition) is 0. The highest BCUT2D eigenvalue weighted by Crippen LogP contribution is 2.18. The molecule has 21 heavy (non-hydrogen) atoms. The minimum Gasteiger partial charge on any atom is -0.372 e. The molecular formula is C18H23N3. The maximum atomic E-state index is 8.78. The van der Waals surface area contributed by atoms with Gasteiger partial charge in [0.25, 0.3) is 0 Å². The van der Waals surface area contributed by atoms with Gasteiger partial charge in [0.2, 0.25) is 0 Å². The van der Waals surface area contributed by atoms with Gasteiger partial charge in [-0.2, -0.15) is 10.5 Å². The molecule has 0 heterocycles. The van der Waals surface area contributed by atoms with Gasteiger partial charge in [-0.1, -0.05) is 38.8 Å². The van der Waals surface area contributed by atoms with Crippen molar-refractivity contribution in [1.29, 1.82) is 10.5 Å². The first kappa shape index (κ1) is 16.8. The fraction of sp³-hybridized carbons (Fsp3) is 0.444. The largest absolute Gasteiger partial charge is 0.372 e. The van der Waals surface area contributed by atoms with Crippen LogP contribution < -0.4 is 4.90 Å². The van der Waals surface area contributed by atoms with Crippen LogP contribution in [0.4, 0.5) is 5.69 Å². The number of anilines is 1. The van der Waals surface area contributed by atoms with Crippen LogP contribution >= 0.6 is 0 Å². The van der Waals surface area contributed by atoms with E-state index >= 15 is 0 Å². The summed E-state index contributed by atoms with van der Waals surface area (Å²) in [7, 11) is 0. The Labute approximate surface area is 128 Å². The summed E-state index contributed by atoms with van der Waals surface area (Å²) in [4.78, 5) is 2.41. The summed E-state index contributed by atoms with van der Waals surface area (Å²) in [5, 5.41) is 17.6. The third kappa shape index (κ3) is 5.71. The van der Waals surface area contributed by atoms with Crippen molar-refractivity contribution in [3.8, 4) is 12.1 Å². The lowest BCUT2D eigenvalue weighted by Gasteiger charge is -2.24. The number of rotatable bonds is 8. The van der Waals surface area contributed by atoms with Crippen LogP contribution in [0.25, 0.3) is 6.08 Å². The molecule has 0 unspecified atom stereocenters. The lowest BCUT2D eigenvalue weighted by atomic mass is 10.1. The highest BCUT2D eigenvalue weighted by Gasteiger charge is 2.05. The zero-order chi connectivity index (χ0) is 15.5. The predicted octanol–water partition coefficient (Wildman–Crippen LogP) is 4.52. The molecule has 0 saturated carbocycles. The Kier molecular flexibility index (Phi) is 7.69. The van der Waals surface area contributed by atoms with Crippen molar-refractivity contribution in [2.45, 2.75) is 39.5 Å². The van der Waals surface area contributed by atoms with Crippen LogP contribution in [-0.2, 0) is 0 Å². The Morgan fingerprint density at radius 1 is 1.00 bits per heavy atom. The Morgan fingerprint density at radius 2 is 1.52 bits per heavy atom. The fourth-order valence-corrected chi connectivity index (χ4v) is 2.11. The standard InChI is InChI=1S/C18H23N3/c1-3-5-11-21(12-6-4-2)18-9-7-16(8-10-18)13-17(14-19)15-20/h7-10,13H,3-6,11-12H2,1-2H3. The van der Waals surface area contributed by atoms with E-state index in [-0.39, 0.29) is 5.57 Å². The summed E-state index contributed by atoms with van der Waals surface area (Å²) < 4.78 is 0. The van der Waals surface area contributed by atoms with Gasteiger partial charge in [-0.05, 0) is 36.6 Å². The molecule has 0 aliphatic rings. The van der Waals surface area contributed by atoms with Crippen LogP contribution in [0.2, 0.25) is 0 Å². The van der Waals surface area contributed by atoms with Crippen molar-refractivity contribution in [3.63, 3.8) is 0 Å². The predicted molar refractivity (Wildman–Crippen MR) is 87.7 cm³/mol. The van der Waals surface area contributed by atoms with E-state index in [1.807, 2.05) is 24.3 Å². The number of unbranched alkanes of at least 4 members (excludes halogenated alkanes) is 2. The van der Waals surface area contributed by atoms with Gasteiger partial charge in [-0.3, -0.25) is 0 Å². The van der Waals surface area contributed by atoms with Crippen LogP contribution in [0.15, 0.2) is 29.8 Å². The topological polar surface area (TPSA) is 50.8 Å². The van der Waals surface area contributed by atoms with Gasteiger partial charge >= 0.3 is 0 Å². The molecule has 3 nitrogen and oxygen atoms in total. The van der Waals surface area contributed by atoms with Crippen LogP contribution in [-0.4, -0.2) is 13.1 Å². The van der Waals surface area contributed by atoms with Crippen molar-refractivity contribution < 1.29 is 0 Å². The van der Waals surface area contributed by atoms with E-state index in [4.69, 9.17) is 10.5 Å². The molecule has 1 aromatic rings. The lowest BCUT2D eigenvalue weighted by Crippen LogP contribution is -2.25. The van der Waals surface area contributed by atoms with Gasteiger partial charge in [0.15, 0.2) is 0 Å². The number of nitriles is 2. The Bertz CT molecular complexity index is 505. The van der Waals surface area contributed by atoms with Gasteiger partial charge in [-0.25, -0.2) is 0 Å². The normalized spacial score (nSPS) is 9.52. The average Bonchev–Trinajstić information content (AvgIpc) is 2.53. The van der Waals surface area contributed by atoms with Crippen molar-refractivity contribution >= 4 is 11.8 Å². The molecule has 0 aliphatic carbocycles. The van der Waals surface area contributed by atoms with E-state index in [0.717, 1.165) is 18.7 Å². The minimum absolute atomic E-state index is 0.136. The summed E-state index contributed by atoms with van der Waals surface area (Å²) in [5.41, 5.74) is 2.24.